The van der Waals surface area contributed by atoms with E-state index in [1.165, 1.54) is 45.6 Å². The van der Waals surface area contributed by atoms with Crippen molar-refractivity contribution in [3.05, 3.63) is 53.3 Å². The fourth-order valence-corrected chi connectivity index (χ4v) is 2.09. The van der Waals surface area contributed by atoms with Crippen LogP contribution in [-0.4, -0.2) is 32.3 Å². The quantitative estimate of drug-likeness (QED) is 0.370. The van der Waals surface area contributed by atoms with E-state index in [0.717, 1.165) is 0 Å². The average Bonchev–Trinajstić information content (AvgIpc) is 2.62. The van der Waals surface area contributed by atoms with Crippen molar-refractivity contribution in [3.63, 3.8) is 0 Å². The van der Waals surface area contributed by atoms with E-state index in [9.17, 15) is 14.0 Å². The third kappa shape index (κ3) is 4.56. The standard InChI is InChI=1S/C18H17FN2O5/c1-11(22)26-17-15(24-2)8-12(9-16(17)25-3)10-20-21-18(23)13-6-4-5-7-14(13)19/h4-10H,1-3H3,(H,21,23)/b20-10-. The normalized spacial score (nSPS) is 10.5. The monoisotopic (exact) mass is 360 g/mol. The number of amides is 1. The molecule has 1 amide bonds. The molecule has 0 aliphatic rings. The van der Waals surface area contributed by atoms with E-state index in [4.69, 9.17) is 14.2 Å². The first-order valence-corrected chi connectivity index (χ1v) is 7.48. The minimum absolute atomic E-state index is 0.120. The smallest absolute Gasteiger partial charge is 0.308 e. The predicted octanol–water partition coefficient (Wildman–Crippen LogP) is 2.53. The van der Waals surface area contributed by atoms with Gasteiger partial charge in [0, 0.05) is 12.5 Å². The number of carbonyl (C=O) groups is 2. The zero-order chi connectivity index (χ0) is 19.1. The number of carbonyl (C=O) groups excluding carboxylic acids is 2. The summed E-state index contributed by atoms with van der Waals surface area (Å²) in [5, 5.41) is 3.79. The molecule has 0 aliphatic heterocycles. The molecule has 8 heteroatoms. The molecule has 0 aromatic heterocycles. The summed E-state index contributed by atoms with van der Waals surface area (Å²) in [6.07, 6.45) is 1.32. The van der Waals surface area contributed by atoms with Crippen LogP contribution >= 0.6 is 0 Å². The second kappa shape index (κ2) is 8.61. The highest BCUT2D eigenvalue weighted by Crippen LogP contribution is 2.38. The van der Waals surface area contributed by atoms with Crippen molar-refractivity contribution in [2.45, 2.75) is 6.92 Å². The molecule has 1 N–H and O–H groups in total. The largest absolute Gasteiger partial charge is 0.493 e. The van der Waals surface area contributed by atoms with Gasteiger partial charge in [0.1, 0.15) is 5.82 Å². The van der Waals surface area contributed by atoms with E-state index >= 15 is 0 Å². The topological polar surface area (TPSA) is 86.2 Å². The van der Waals surface area contributed by atoms with Gasteiger partial charge >= 0.3 is 5.97 Å². The lowest BCUT2D eigenvalue weighted by Crippen LogP contribution is -2.18. The number of hydrogen-bond donors (Lipinski definition) is 1. The number of rotatable bonds is 6. The van der Waals surface area contributed by atoms with E-state index in [1.54, 1.807) is 18.2 Å². The zero-order valence-corrected chi connectivity index (χ0v) is 14.4. The lowest BCUT2D eigenvalue weighted by atomic mass is 10.2. The predicted molar refractivity (Wildman–Crippen MR) is 92.3 cm³/mol. The van der Waals surface area contributed by atoms with Crippen LogP contribution in [0.25, 0.3) is 0 Å². The van der Waals surface area contributed by atoms with Gasteiger partial charge in [-0.1, -0.05) is 12.1 Å². The summed E-state index contributed by atoms with van der Waals surface area (Å²) in [5.41, 5.74) is 2.62. The molecular weight excluding hydrogens is 343 g/mol. The van der Waals surface area contributed by atoms with Gasteiger partial charge in [0.15, 0.2) is 11.5 Å². The molecule has 0 saturated heterocycles. The Balaban J connectivity index is 2.21. The molecule has 2 rings (SSSR count). The van der Waals surface area contributed by atoms with Crippen LogP contribution in [0.1, 0.15) is 22.8 Å². The van der Waals surface area contributed by atoms with Crippen molar-refractivity contribution >= 4 is 18.1 Å². The molecule has 0 spiro atoms. The molecule has 136 valence electrons. The number of halogens is 1. The number of esters is 1. The molecule has 26 heavy (non-hydrogen) atoms. The lowest BCUT2D eigenvalue weighted by molar-refractivity contribution is -0.132. The third-order valence-electron chi connectivity index (χ3n) is 3.23. The van der Waals surface area contributed by atoms with Crippen molar-refractivity contribution in [2.24, 2.45) is 5.10 Å². The van der Waals surface area contributed by atoms with Gasteiger partial charge in [-0.25, -0.2) is 9.82 Å². The maximum absolute atomic E-state index is 13.5. The molecule has 0 saturated carbocycles. The highest BCUT2D eigenvalue weighted by molar-refractivity contribution is 5.95. The highest BCUT2D eigenvalue weighted by atomic mass is 19.1. The van der Waals surface area contributed by atoms with Crippen LogP contribution in [-0.2, 0) is 4.79 Å². The second-order valence-electron chi connectivity index (χ2n) is 5.03. The van der Waals surface area contributed by atoms with Gasteiger partial charge in [-0.05, 0) is 24.3 Å². The molecule has 0 radical (unpaired) electrons. The van der Waals surface area contributed by atoms with Crippen molar-refractivity contribution in [1.82, 2.24) is 5.43 Å². The Morgan fingerprint density at radius 1 is 1.12 bits per heavy atom. The van der Waals surface area contributed by atoms with E-state index in [-0.39, 0.29) is 22.8 Å². The molecule has 0 heterocycles. The van der Waals surface area contributed by atoms with Crippen molar-refractivity contribution in [2.75, 3.05) is 14.2 Å². The summed E-state index contributed by atoms with van der Waals surface area (Å²) < 4.78 is 29.0. The Hall–Kier alpha value is -3.42. The Bertz CT molecular complexity index is 826. The second-order valence-corrected chi connectivity index (χ2v) is 5.03. The van der Waals surface area contributed by atoms with Gasteiger partial charge in [-0.15, -0.1) is 0 Å². The summed E-state index contributed by atoms with van der Waals surface area (Å²) in [7, 11) is 2.81. The van der Waals surface area contributed by atoms with Crippen LogP contribution in [0.3, 0.4) is 0 Å². The maximum atomic E-state index is 13.5. The Labute approximate surface area is 149 Å². The fraction of sp³-hybridized carbons (Fsp3) is 0.167. The number of hydrogen-bond acceptors (Lipinski definition) is 6. The Kier molecular flexibility index (Phi) is 6.26. The summed E-state index contributed by atoms with van der Waals surface area (Å²) >= 11 is 0. The molecule has 0 fully saturated rings. The number of ether oxygens (including phenoxy) is 3. The van der Waals surface area contributed by atoms with Crippen LogP contribution < -0.4 is 19.6 Å². The van der Waals surface area contributed by atoms with E-state index < -0.39 is 17.7 Å². The molecular formula is C18H17FN2O5. The van der Waals surface area contributed by atoms with E-state index in [2.05, 4.69) is 10.5 Å². The van der Waals surface area contributed by atoms with E-state index in [1.807, 2.05) is 0 Å². The first-order chi connectivity index (χ1) is 12.5. The number of nitrogens with one attached hydrogen (secondary N) is 1. The maximum Gasteiger partial charge on any atom is 0.308 e. The fourth-order valence-electron chi connectivity index (χ4n) is 2.09. The summed E-state index contributed by atoms with van der Waals surface area (Å²) in [5.74, 6) is -1.22. The van der Waals surface area contributed by atoms with Gasteiger partial charge in [-0.3, -0.25) is 9.59 Å². The van der Waals surface area contributed by atoms with Gasteiger partial charge in [0.05, 0.1) is 26.0 Å². The molecule has 7 nitrogen and oxygen atoms in total. The molecule has 0 aliphatic carbocycles. The van der Waals surface area contributed by atoms with Gasteiger partial charge < -0.3 is 14.2 Å². The van der Waals surface area contributed by atoms with Crippen LogP contribution in [0.5, 0.6) is 17.2 Å². The Morgan fingerprint density at radius 3 is 2.27 bits per heavy atom. The van der Waals surface area contributed by atoms with E-state index in [0.29, 0.717) is 5.56 Å². The van der Waals surface area contributed by atoms with Crippen LogP contribution in [0, 0.1) is 5.82 Å². The van der Waals surface area contributed by atoms with Gasteiger partial charge in [0.25, 0.3) is 5.91 Å². The lowest BCUT2D eigenvalue weighted by Gasteiger charge is -2.13. The molecule has 0 bridgehead atoms. The summed E-state index contributed by atoms with van der Waals surface area (Å²) in [6.45, 7) is 1.26. The van der Waals surface area contributed by atoms with Crippen molar-refractivity contribution in [3.8, 4) is 17.2 Å². The van der Waals surface area contributed by atoms with Crippen LogP contribution in [0.4, 0.5) is 4.39 Å². The number of methoxy groups -OCH3 is 2. The SMILES string of the molecule is COc1cc(/C=N\NC(=O)c2ccccc2F)cc(OC)c1OC(C)=O. The number of benzene rings is 2. The van der Waals surface area contributed by atoms with Crippen LogP contribution in [0.15, 0.2) is 41.5 Å². The first kappa shape index (κ1) is 18.9. The zero-order valence-electron chi connectivity index (χ0n) is 14.4. The molecule has 0 unspecified atom stereocenters. The highest BCUT2D eigenvalue weighted by Gasteiger charge is 2.16. The van der Waals surface area contributed by atoms with Gasteiger partial charge in [0.2, 0.25) is 5.75 Å². The molecule has 2 aromatic carbocycles. The van der Waals surface area contributed by atoms with Crippen LogP contribution in [0.2, 0.25) is 0 Å². The van der Waals surface area contributed by atoms with Gasteiger partial charge in [-0.2, -0.15) is 5.10 Å². The summed E-state index contributed by atoms with van der Waals surface area (Å²) in [6, 6.07) is 8.64. The van der Waals surface area contributed by atoms with Crippen molar-refractivity contribution in [1.29, 1.82) is 0 Å². The van der Waals surface area contributed by atoms with Crippen molar-refractivity contribution < 1.29 is 28.2 Å². The number of nitrogens with zero attached hydrogens (tertiary/aromatic N) is 1. The summed E-state index contributed by atoms with van der Waals surface area (Å²) in [4.78, 5) is 23.1. The number of hydrazone groups is 1. The molecule has 2 aromatic rings. The minimum Gasteiger partial charge on any atom is -0.493 e. The molecule has 0 atom stereocenters. The average molecular weight is 360 g/mol. The first-order valence-electron chi connectivity index (χ1n) is 7.48. The Morgan fingerprint density at radius 2 is 1.73 bits per heavy atom. The third-order valence-corrected chi connectivity index (χ3v) is 3.23. The minimum atomic E-state index is -0.685.